The summed E-state index contributed by atoms with van der Waals surface area (Å²) in [5, 5.41) is 0. The van der Waals surface area contributed by atoms with E-state index in [0.29, 0.717) is 0 Å². The van der Waals surface area contributed by atoms with Gasteiger partial charge in [0.2, 0.25) is 11.4 Å². The van der Waals surface area contributed by atoms with Gasteiger partial charge < -0.3 is 5.53 Å². The number of nitrogens with zero attached hydrogens (tertiary/aromatic N) is 2. The Labute approximate surface area is 221 Å². The summed E-state index contributed by atoms with van der Waals surface area (Å²) in [5.74, 6) is 0. The van der Waals surface area contributed by atoms with Gasteiger partial charge in [-0.2, -0.15) is 0 Å². The Kier molecular flexibility index (Phi) is 11.7. The molecule has 36 heavy (non-hydrogen) atoms. The van der Waals surface area contributed by atoms with Crippen LogP contribution in [0, 0.1) is 0 Å². The number of unbranched alkanes of at least 4 members (excludes halogenated alkanes) is 6. The van der Waals surface area contributed by atoms with Crippen molar-refractivity contribution in [2.45, 2.75) is 118 Å². The maximum absolute atomic E-state index is 11.7. The molecule has 3 rings (SSSR count). The van der Waals surface area contributed by atoms with E-state index in [1.54, 1.807) is 0 Å². The summed E-state index contributed by atoms with van der Waals surface area (Å²) in [6.07, 6.45) is 16.4. The molecule has 0 N–H and O–H groups in total. The fraction of sp³-hybridized carbons (Fsp3) is 0.529. The van der Waals surface area contributed by atoms with Crippen LogP contribution in [0.5, 0.6) is 0 Å². The summed E-state index contributed by atoms with van der Waals surface area (Å²) in [6.45, 7) is 9.02. The molecule has 2 nitrogen and oxygen atoms in total. The average molecular weight is 485 g/mol. The lowest BCUT2D eigenvalue weighted by molar-refractivity contribution is -0.345. The maximum atomic E-state index is 11.7. The molecule has 0 atom stereocenters. The van der Waals surface area contributed by atoms with Gasteiger partial charge in [0.1, 0.15) is 0 Å². The third-order valence-electron chi connectivity index (χ3n) is 7.49. The molecule has 2 heteroatoms. The molecule has 194 valence electrons. The third-order valence-corrected chi connectivity index (χ3v) is 7.49. The number of benzene rings is 2. The minimum Gasteiger partial charge on any atom is -0.493 e. The first-order chi connectivity index (χ1) is 17.6. The molecule has 1 aliphatic rings. The monoisotopic (exact) mass is 484 g/mol. The van der Waals surface area contributed by atoms with Crippen LogP contribution in [0.15, 0.2) is 59.7 Å². The number of aryl methyl sites for hydroxylation is 2. The van der Waals surface area contributed by atoms with Crippen molar-refractivity contribution in [1.82, 2.24) is 0 Å². The Bertz CT molecular complexity index is 1040. The Morgan fingerprint density at radius 1 is 0.528 bits per heavy atom. The van der Waals surface area contributed by atoms with Gasteiger partial charge in [-0.1, -0.05) is 90.5 Å². The molecule has 1 heterocycles. The SMILES string of the molecule is CCCCCCc1ccc(C2=C(CCCC)C(CCCC)=C(c3cccc(CCCC)c3)[N+]2=[N-])cc1. The van der Waals surface area contributed by atoms with Gasteiger partial charge in [-0.05, 0) is 86.8 Å². The average Bonchev–Trinajstić information content (AvgIpc) is 3.18. The van der Waals surface area contributed by atoms with Gasteiger partial charge in [-0.25, -0.2) is 4.70 Å². The van der Waals surface area contributed by atoms with Crippen molar-refractivity contribution in [3.05, 3.63) is 87.5 Å². The van der Waals surface area contributed by atoms with Crippen molar-refractivity contribution in [3.63, 3.8) is 0 Å². The summed E-state index contributed by atoms with van der Waals surface area (Å²) in [5.41, 5.74) is 21.5. The van der Waals surface area contributed by atoms with Gasteiger partial charge in [-0.15, -0.1) is 0 Å². The van der Waals surface area contributed by atoms with Crippen LogP contribution in [-0.2, 0) is 12.8 Å². The summed E-state index contributed by atoms with van der Waals surface area (Å²) in [7, 11) is 0. The number of allylic oxidation sites excluding steroid dienone is 2. The minimum absolute atomic E-state index is 1.00. The molecule has 0 spiro atoms. The Balaban J connectivity index is 1.98. The highest BCUT2D eigenvalue weighted by Gasteiger charge is 2.35. The molecule has 0 radical (unpaired) electrons. The zero-order chi connectivity index (χ0) is 25.8. The normalized spacial score (nSPS) is 13.8. The van der Waals surface area contributed by atoms with Crippen molar-refractivity contribution < 1.29 is 4.70 Å². The predicted octanol–water partition coefficient (Wildman–Crippen LogP) is 10.7. The van der Waals surface area contributed by atoms with Crippen LogP contribution in [0.2, 0.25) is 0 Å². The summed E-state index contributed by atoms with van der Waals surface area (Å²) in [6, 6.07) is 17.9. The van der Waals surface area contributed by atoms with E-state index >= 15 is 0 Å². The van der Waals surface area contributed by atoms with Gasteiger partial charge in [0.15, 0.2) is 0 Å². The first kappa shape index (κ1) is 28.1. The fourth-order valence-electron chi connectivity index (χ4n) is 5.33. The van der Waals surface area contributed by atoms with Crippen LogP contribution in [-0.4, -0.2) is 4.70 Å². The van der Waals surface area contributed by atoms with E-state index in [4.69, 9.17) is 0 Å². The topological polar surface area (TPSA) is 25.3 Å². The number of rotatable bonds is 16. The van der Waals surface area contributed by atoms with Gasteiger partial charge in [-0.3, -0.25) is 0 Å². The van der Waals surface area contributed by atoms with Gasteiger partial charge >= 0.3 is 0 Å². The highest BCUT2D eigenvalue weighted by atomic mass is 15.2. The molecule has 0 saturated heterocycles. The highest BCUT2D eigenvalue weighted by Crippen LogP contribution is 2.44. The molecule has 0 amide bonds. The molecular formula is C34H48N2. The first-order valence-corrected chi connectivity index (χ1v) is 14.8. The van der Waals surface area contributed by atoms with Crippen molar-refractivity contribution in [2.24, 2.45) is 0 Å². The first-order valence-electron chi connectivity index (χ1n) is 14.8. The van der Waals surface area contributed by atoms with Gasteiger partial charge in [0.05, 0.1) is 0 Å². The molecular weight excluding hydrogens is 436 g/mol. The second-order valence-electron chi connectivity index (χ2n) is 10.5. The Morgan fingerprint density at radius 2 is 1.08 bits per heavy atom. The largest absolute Gasteiger partial charge is 0.493 e. The predicted molar refractivity (Wildman–Crippen MR) is 156 cm³/mol. The second kappa shape index (κ2) is 14.9. The fourth-order valence-corrected chi connectivity index (χ4v) is 5.33. The van der Waals surface area contributed by atoms with E-state index in [1.165, 1.54) is 65.5 Å². The lowest BCUT2D eigenvalue weighted by Crippen LogP contribution is -2.03. The number of hydrogen-bond acceptors (Lipinski definition) is 0. The van der Waals surface area contributed by atoms with E-state index in [-0.39, 0.29) is 0 Å². The molecule has 0 unspecified atom stereocenters. The molecule has 2 aromatic carbocycles. The second-order valence-corrected chi connectivity index (χ2v) is 10.5. The molecule has 0 aliphatic carbocycles. The van der Waals surface area contributed by atoms with E-state index < -0.39 is 0 Å². The molecule has 1 aliphatic heterocycles. The maximum Gasteiger partial charge on any atom is 0.211 e. The minimum atomic E-state index is 1.00. The zero-order valence-corrected chi connectivity index (χ0v) is 23.4. The van der Waals surface area contributed by atoms with Crippen molar-refractivity contribution in [1.29, 1.82) is 0 Å². The lowest BCUT2D eigenvalue weighted by Gasteiger charge is -2.11. The van der Waals surface area contributed by atoms with Gasteiger partial charge in [0, 0.05) is 22.3 Å². The number of hydrogen-bond donors (Lipinski definition) is 0. The summed E-state index contributed by atoms with van der Waals surface area (Å²) >= 11 is 0. The van der Waals surface area contributed by atoms with Crippen LogP contribution >= 0.6 is 0 Å². The molecule has 2 aromatic rings. The molecule has 0 bridgehead atoms. The molecule has 0 fully saturated rings. The van der Waals surface area contributed by atoms with E-state index in [0.717, 1.165) is 73.9 Å². The Hall–Kier alpha value is -2.48. The van der Waals surface area contributed by atoms with E-state index in [1.807, 2.05) is 0 Å². The van der Waals surface area contributed by atoms with Crippen LogP contribution in [0.1, 0.15) is 127 Å². The highest BCUT2D eigenvalue weighted by molar-refractivity contribution is 5.82. The van der Waals surface area contributed by atoms with Crippen LogP contribution in [0.3, 0.4) is 0 Å². The summed E-state index contributed by atoms with van der Waals surface area (Å²) in [4.78, 5) is 0. The molecule has 0 saturated carbocycles. The van der Waals surface area contributed by atoms with E-state index in [2.05, 4.69) is 76.2 Å². The quantitative estimate of drug-likeness (QED) is 0.167. The van der Waals surface area contributed by atoms with Crippen LogP contribution < -0.4 is 0 Å². The van der Waals surface area contributed by atoms with Crippen molar-refractivity contribution >= 4 is 11.4 Å². The van der Waals surface area contributed by atoms with E-state index in [9.17, 15) is 5.53 Å². The Morgan fingerprint density at radius 3 is 1.69 bits per heavy atom. The van der Waals surface area contributed by atoms with Crippen LogP contribution in [0.25, 0.3) is 16.9 Å². The molecule has 0 aromatic heterocycles. The lowest BCUT2D eigenvalue weighted by atomic mass is 9.91. The van der Waals surface area contributed by atoms with Crippen LogP contribution in [0.4, 0.5) is 0 Å². The summed E-state index contributed by atoms with van der Waals surface area (Å²) < 4.78 is 1.53. The smallest absolute Gasteiger partial charge is 0.211 e. The standard InChI is InChI=1S/C34H48N2/c1-5-9-13-14-17-27-22-24-29(25-23-27)33-31(20-11-7-3)32(21-12-8-4)34(36(33)35)30-19-15-18-28(26-30)16-10-6-2/h15,18-19,22-26H,5-14,16-17,20-21H2,1-4H3. The van der Waals surface area contributed by atoms with Crippen molar-refractivity contribution in [2.75, 3.05) is 0 Å². The van der Waals surface area contributed by atoms with Crippen molar-refractivity contribution in [3.8, 4) is 0 Å². The zero-order valence-electron chi connectivity index (χ0n) is 23.4. The van der Waals surface area contributed by atoms with Gasteiger partial charge in [0.25, 0.3) is 0 Å². The third kappa shape index (κ3) is 7.28.